The Morgan fingerprint density at radius 1 is 1.67 bits per heavy atom. The molecule has 3 nitrogen and oxygen atoms in total. The normalized spacial score (nSPS) is 37.4. The molecule has 0 aliphatic carbocycles. The first-order valence-corrected chi connectivity index (χ1v) is 10.7. The summed E-state index contributed by atoms with van der Waals surface area (Å²) in [5.41, 5.74) is 0. The van der Waals surface area contributed by atoms with Crippen molar-refractivity contribution in [1.29, 1.82) is 1.28 Å². The molecule has 1 fully saturated rings. The van der Waals surface area contributed by atoms with Crippen molar-refractivity contribution in [1.82, 2.24) is 0 Å². The lowest BCUT2D eigenvalue weighted by Crippen LogP contribution is -2.49. The first-order valence-electron chi connectivity index (χ1n) is 6.43. The maximum absolute atomic E-state index is 12.0. The monoisotopic (exact) mass is 404 g/mol. The van der Waals surface area contributed by atoms with E-state index in [9.17, 15) is 4.79 Å². The van der Waals surface area contributed by atoms with Gasteiger partial charge in [-0.1, -0.05) is 34.0 Å². The quantitative estimate of drug-likeness (QED) is 0.310. The van der Waals surface area contributed by atoms with E-state index in [1.165, 1.54) is 0 Å². The summed E-state index contributed by atoms with van der Waals surface area (Å²) in [4.78, 5) is 12.0. The first-order chi connectivity index (χ1) is 8.92. The van der Waals surface area contributed by atoms with Crippen LogP contribution in [0.4, 0.5) is 0 Å². The summed E-state index contributed by atoms with van der Waals surface area (Å²) in [5, 5.41) is 0. The fourth-order valence-corrected chi connectivity index (χ4v) is 3.93. The highest BCUT2D eigenvalue weighted by atomic mass is 127. The number of halogens is 1. The second-order valence-electron chi connectivity index (χ2n) is 4.70. The molecule has 0 saturated carbocycles. The van der Waals surface area contributed by atoms with Gasteiger partial charge in [-0.15, -0.1) is 0 Å². The van der Waals surface area contributed by atoms with Crippen molar-refractivity contribution < 1.29 is 13.7 Å². The molecule has 0 amide bonds. The number of carbonyl (C=O) groups is 1. The highest BCUT2D eigenvalue weighted by Crippen LogP contribution is 2.34. The number of ether oxygens (including phenoxy) is 1. The third kappa shape index (κ3) is 4.02. The Morgan fingerprint density at radius 3 is 2.89 bits per heavy atom. The highest BCUT2D eigenvalue weighted by molar-refractivity contribution is 14.2. The summed E-state index contributed by atoms with van der Waals surface area (Å²) < 4.78 is 18.8. The number of hydrogen-bond acceptors (Lipinski definition) is 3. The predicted molar refractivity (Wildman–Crippen MR) is 86.8 cm³/mol. The Hall–Kier alpha value is 0.550. The van der Waals surface area contributed by atoms with E-state index >= 15 is 0 Å². The van der Waals surface area contributed by atoms with Crippen LogP contribution in [-0.4, -0.2) is 19.5 Å². The number of allylic oxidation sites excluding steroid dienone is 1. The van der Waals surface area contributed by atoms with Gasteiger partial charge < -0.3 is 8.92 Å². The Morgan fingerprint density at radius 2 is 2.33 bits per heavy atom. The standard InChI is InChI=1S/C12H20IO3PS/c1-5-6-7(2)10-8(3)11(16-18(13)17)9(4)12(14)15-10/h5-11,17H,1-4H3/t7-,8+,9+,10-,11-,18?/m0/s1/i17T. The molecule has 1 aliphatic rings. The molecule has 1 aliphatic heterocycles. The van der Waals surface area contributed by atoms with Crippen LogP contribution >= 0.6 is 29.2 Å². The van der Waals surface area contributed by atoms with Crippen molar-refractivity contribution in [3.63, 3.8) is 0 Å². The minimum absolute atomic E-state index is 0.130. The number of esters is 1. The summed E-state index contributed by atoms with van der Waals surface area (Å²) in [6.07, 6.45) is 3.70. The van der Waals surface area contributed by atoms with Crippen molar-refractivity contribution in [2.45, 2.75) is 39.9 Å². The molecule has 0 bridgehead atoms. The molecule has 0 radical (unpaired) electrons. The van der Waals surface area contributed by atoms with Gasteiger partial charge in [0.15, 0.2) is 0 Å². The van der Waals surface area contributed by atoms with Crippen molar-refractivity contribution in [3.05, 3.63) is 12.2 Å². The van der Waals surface area contributed by atoms with Crippen LogP contribution in [0.15, 0.2) is 12.2 Å². The fourth-order valence-electron chi connectivity index (χ4n) is 2.39. The summed E-state index contributed by atoms with van der Waals surface area (Å²) in [5.74, 6) is -0.160. The zero-order valence-corrected chi connectivity index (χ0v) is 14.9. The summed E-state index contributed by atoms with van der Waals surface area (Å²) in [7, 11) is -0.0245. The van der Waals surface area contributed by atoms with Crippen LogP contribution in [0.25, 0.3) is 0 Å². The molecule has 6 heteroatoms. The number of carbonyl (C=O) groups excluding carboxylic acids is 1. The van der Waals surface area contributed by atoms with Gasteiger partial charge in [0, 0.05) is 40.6 Å². The summed E-state index contributed by atoms with van der Waals surface area (Å²) in [6, 6.07) is 0. The van der Waals surface area contributed by atoms with E-state index < -0.39 is 7.53 Å². The molecule has 18 heavy (non-hydrogen) atoms. The van der Waals surface area contributed by atoms with Crippen molar-refractivity contribution in [3.8, 4) is 0 Å². The molecule has 1 unspecified atom stereocenters. The van der Waals surface area contributed by atoms with E-state index in [0.29, 0.717) is 7.96 Å². The van der Waals surface area contributed by atoms with Crippen molar-refractivity contribution in [2.75, 3.05) is 0 Å². The minimum atomic E-state index is -0.480. The topological polar surface area (TPSA) is 35.5 Å². The minimum Gasteiger partial charge on any atom is -0.461 e. The Labute approximate surface area is 127 Å². The van der Waals surface area contributed by atoms with E-state index in [1.54, 1.807) is 0 Å². The average Bonchev–Trinajstić information content (AvgIpc) is 2.38. The molecular formula is C12H20IO3PS. The molecule has 1 rings (SSSR count). The lowest BCUT2D eigenvalue weighted by Gasteiger charge is -2.40. The van der Waals surface area contributed by atoms with Crippen LogP contribution in [0, 0.1) is 17.8 Å². The van der Waals surface area contributed by atoms with Gasteiger partial charge in [0.05, 0.1) is 12.0 Å². The van der Waals surface area contributed by atoms with Crippen LogP contribution in [0.3, 0.4) is 0 Å². The van der Waals surface area contributed by atoms with Gasteiger partial charge in [-0.05, 0) is 13.8 Å². The molecular weight excluding hydrogens is 382 g/mol. The van der Waals surface area contributed by atoms with Gasteiger partial charge in [-0.25, -0.2) is 0 Å². The van der Waals surface area contributed by atoms with Gasteiger partial charge >= 0.3 is 5.97 Å². The molecule has 1 heterocycles. The SMILES string of the molecule is [3H]P=S(I)O[C@H]1[C@H](C)[C@H]([C@@H](C)C=CC)OC(=O)[C@@H]1C. The van der Waals surface area contributed by atoms with Gasteiger partial charge in [0.1, 0.15) is 7.38 Å². The molecule has 6 atom stereocenters. The van der Waals surface area contributed by atoms with E-state index in [2.05, 4.69) is 28.1 Å². The summed E-state index contributed by atoms with van der Waals surface area (Å²) in [6.45, 7) is 7.92. The summed E-state index contributed by atoms with van der Waals surface area (Å²) >= 11 is 2.12. The van der Waals surface area contributed by atoms with Gasteiger partial charge in [-0.3, -0.25) is 4.79 Å². The molecule has 1 saturated heterocycles. The maximum atomic E-state index is 12.0. The zero-order valence-electron chi connectivity index (χ0n) is 12.0. The largest absolute Gasteiger partial charge is 0.461 e. The molecule has 0 aromatic rings. The van der Waals surface area contributed by atoms with Crippen LogP contribution in [0.1, 0.15) is 27.7 Å². The van der Waals surface area contributed by atoms with Crippen LogP contribution in [-0.2, 0) is 21.2 Å². The first kappa shape index (κ1) is 14.9. The van der Waals surface area contributed by atoms with Gasteiger partial charge in [-0.2, -0.15) is 0 Å². The zero-order chi connectivity index (χ0) is 14.6. The van der Waals surface area contributed by atoms with E-state index in [0.717, 1.165) is 0 Å². The highest BCUT2D eigenvalue weighted by Gasteiger charge is 2.44. The van der Waals surface area contributed by atoms with Gasteiger partial charge in [0.25, 0.3) is 0 Å². The maximum Gasteiger partial charge on any atom is 0.311 e. The van der Waals surface area contributed by atoms with Crippen LogP contribution < -0.4 is 0 Å². The average molecular weight is 404 g/mol. The van der Waals surface area contributed by atoms with Crippen molar-refractivity contribution >= 4 is 42.7 Å². The third-order valence-corrected chi connectivity index (χ3v) is 4.62. The third-order valence-electron chi connectivity index (χ3n) is 3.36. The second kappa shape index (κ2) is 7.36. The second-order valence-corrected chi connectivity index (χ2v) is 10.8. The number of hydrogen-bond donors (Lipinski definition) is 0. The molecule has 0 N–H and O–H groups in total. The van der Waals surface area contributed by atoms with Gasteiger partial charge in [0.2, 0.25) is 0 Å². The fraction of sp³-hybridized carbons (Fsp3) is 0.750. The number of cyclic esters (lactones) is 1. The molecule has 0 spiro atoms. The lowest BCUT2D eigenvalue weighted by atomic mass is 9.81. The van der Waals surface area contributed by atoms with E-state index in [4.69, 9.17) is 10.2 Å². The molecule has 104 valence electrons. The Balaban J connectivity index is 2.92. The Kier molecular flexibility index (Phi) is 6.12. The molecule has 0 aromatic carbocycles. The van der Waals surface area contributed by atoms with Crippen LogP contribution in [0.2, 0.25) is 0 Å². The number of rotatable bonds is 4. The lowest BCUT2D eigenvalue weighted by molar-refractivity contribution is -0.177. The van der Waals surface area contributed by atoms with E-state index in [1.807, 2.05) is 32.9 Å². The molecule has 0 aromatic heterocycles. The Bertz CT molecular complexity index is 391. The smallest absolute Gasteiger partial charge is 0.311 e. The van der Waals surface area contributed by atoms with E-state index in [-0.39, 0.29) is 35.9 Å². The van der Waals surface area contributed by atoms with Crippen LogP contribution in [0.5, 0.6) is 0 Å². The van der Waals surface area contributed by atoms with Crippen molar-refractivity contribution in [2.24, 2.45) is 17.8 Å². The predicted octanol–water partition coefficient (Wildman–Crippen LogP) is 3.72.